The molecule has 23 heavy (non-hydrogen) atoms. The number of nitrogens with one attached hydrogen (secondary N) is 1. The summed E-state index contributed by atoms with van der Waals surface area (Å²) >= 11 is 0. The standard InChI is InChI=1S/C21H29NO/c1-11(2)8-15-9-13(4)16-7-6-12(3)17-19(16)18(15)14(5)20-21(17)23-10-22-20/h8,12-13,15-16,22H,6-7,9-10H2,1-5H3/t12-,13-,15+,16+/m0/s1. The Balaban J connectivity index is 2.03. The van der Waals surface area contributed by atoms with Gasteiger partial charge in [0.25, 0.3) is 0 Å². The Kier molecular flexibility index (Phi) is 3.48. The topological polar surface area (TPSA) is 21.3 Å². The quantitative estimate of drug-likeness (QED) is 0.659. The molecule has 2 heteroatoms. The molecule has 0 radical (unpaired) electrons. The Hall–Kier alpha value is -1.44. The largest absolute Gasteiger partial charge is 0.471 e. The Morgan fingerprint density at radius 2 is 1.91 bits per heavy atom. The molecule has 0 bridgehead atoms. The smallest absolute Gasteiger partial charge is 0.159 e. The van der Waals surface area contributed by atoms with Crippen LogP contribution in [0.1, 0.15) is 87.0 Å². The molecule has 124 valence electrons. The number of hydrogen-bond acceptors (Lipinski definition) is 2. The van der Waals surface area contributed by atoms with Crippen LogP contribution < -0.4 is 10.1 Å². The summed E-state index contributed by atoms with van der Waals surface area (Å²) in [5, 5.41) is 3.49. The predicted molar refractivity (Wildman–Crippen MR) is 96.6 cm³/mol. The van der Waals surface area contributed by atoms with Gasteiger partial charge in [-0.2, -0.15) is 0 Å². The van der Waals surface area contributed by atoms with E-state index in [-0.39, 0.29) is 0 Å². The minimum absolute atomic E-state index is 0.568. The maximum Gasteiger partial charge on any atom is 0.159 e. The number of allylic oxidation sites excluding steroid dienone is 2. The molecule has 3 aliphatic rings. The van der Waals surface area contributed by atoms with Gasteiger partial charge in [-0.1, -0.05) is 25.5 Å². The lowest BCUT2D eigenvalue weighted by molar-refractivity contribution is 0.319. The van der Waals surface area contributed by atoms with Crippen molar-refractivity contribution in [2.24, 2.45) is 5.92 Å². The second-order valence-electron chi connectivity index (χ2n) is 8.18. The fraction of sp³-hybridized carbons (Fsp3) is 0.619. The van der Waals surface area contributed by atoms with Crippen LogP contribution in [-0.4, -0.2) is 6.73 Å². The highest BCUT2D eigenvalue weighted by Gasteiger charge is 2.41. The second kappa shape index (κ2) is 5.29. The number of benzene rings is 1. The molecule has 1 aromatic rings. The minimum Gasteiger partial charge on any atom is -0.471 e. The van der Waals surface area contributed by atoms with E-state index in [2.05, 4.69) is 46.0 Å². The van der Waals surface area contributed by atoms with Gasteiger partial charge < -0.3 is 10.1 Å². The van der Waals surface area contributed by atoms with Gasteiger partial charge in [0.2, 0.25) is 0 Å². The summed E-state index contributed by atoms with van der Waals surface area (Å²) in [6.07, 6.45) is 6.43. The third-order valence-electron chi connectivity index (χ3n) is 6.29. The fourth-order valence-electron chi connectivity index (χ4n) is 5.34. The normalized spacial score (nSPS) is 30.8. The molecule has 2 nitrogen and oxygen atoms in total. The number of fused-ring (bicyclic) bond motifs is 2. The average Bonchev–Trinajstić information content (AvgIpc) is 2.95. The van der Waals surface area contributed by atoms with Gasteiger partial charge in [-0.25, -0.2) is 0 Å². The van der Waals surface area contributed by atoms with Crippen LogP contribution in [0.4, 0.5) is 5.69 Å². The Bertz CT molecular complexity index is 684. The van der Waals surface area contributed by atoms with Crippen LogP contribution in [0.15, 0.2) is 11.6 Å². The van der Waals surface area contributed by atoms with Crippen molar-refractivity contribution in [1.29, 1.82) is 0 Å². The zero-order valence-electron chi connectivity index (χ0n) is 15.1. The molecule has 1 heterocycles. The van der Waals surface area contributed by atoms with E-state index in [4.69, 9.17) is 4.74 Å². The molecule has 1 N–H and O–H groups in total. The monoisotopic (exact) mass is 311 g/mol. The molecule has 0 amide bonds. The first-order valence-electron chi connectivity index (χ1n) is 9.21. The number of hydrogen-bond donors (Lipinski definition) is 1. The first kappa shape index (κ1) is 15.1. The van der Waals surface area contributed by atoms with E-state index in [1.54, 1.807) is 11.1 Å². The van der Waals surface area contributed by atoms with Gasteiger partial charge in [0.1, 0.15) is 5.75 Å². The number of ether oxygens (including phenoxy) is 1. The molecule has 2 aliphatic carbocycles. The Morgan fingerprint density at radius 1 is 1.13 bits per heavy atom. The SMILES string of the molecule is CC(C)=C[C@@H]1C[C@H](C)[C@H]2CC[C@H](C)c3c4c(c(C)c1c32)NCO4. The van der Waals surface area contributed by atoms with Crippen molar-refractivity contribution in [1.82, 2.24) is 0 Å². The summed E-state index contributed by atoms with van der Waals surface area (Å²) < 4.78 is 6.05. The summed E-state index contributed by atoms with van der Waals surface area (Å²) in [6, 6.07) is 0. The van der Waals surface area contributed by atoms with Crippen molar-refractivity contribution in [3.8, 4) is 5.75 Å². The lowest BCUT2D eigenvalue weighted by Crippen LogP contribution is -2.28. The van der Waals surface area contributed by atoms with E-state index in [0.29, 0.717) is 18.6 Å². The zero-order valence-corrected chi connectivity index (χ0v) is 15.1. The average molecular weight is 311 g/mol. The van der Waals surface area contributed by atoms with Gasteiger partial charge in [-0.3, -0.25) is 0 Å². The Labute approximate surface area is 140 Å². The number of anilines is 1. The minimum atomic E-state index is 0.568. The molecular formula is C21H29NO. The van der Waals surface area contributed by atoms with E-state index < -0.39 is 0 Å². The molecule has 4 rings (SSSR count). The van der Waals surface area contributed by atoms with E-state index in [0.717, 1.165) is 11.8 Å². The predicted octanol–water partition coefficient (Wildman–Crippen LogP) is 5.83. The molecule has 1 aliphatic heterocycles. The summed E-state index contributed by atoms with van der Waals surface area (Å²) in [6.45, 7) is 12.2. The van der Waals surface area contributed by atoms with Crippen LogP contribution in [-0.2, 0) is 0 Å². The van der Waals surface area contributed by atoms with Crippen molar-refractivity contribution < 1.29 is 4.74 Å². The maximum atomic E-state index is 6.05. The van der Waals surface area contributed by atoms with Crippen LogP contribution >= 0.6 is 0 Å². The molecule has 4 atom stereocenters. The molecule has 0 saturated heterocycles. The van der Waals surface area contributed by atoms with Crippen molar-refractivity contribution in [2.75, 3.05) is 12.0 Å². The van der Waals surface area contributed by atoms with Crippen LogP contribution in [0.2, 0.25) is 0 Å². The van der Waals surface area contributed by atoms with Crippen molar-refractivity contribution in [3.63, 3.8) is 0 Å². The highest BCUT2D eigenvalue weighted by atomic mass is 16.5. The van der Waals surface area contributed by atoms with Gasteiger partial charge in [-0.15, -0.1) is 0 Å². The van der Waals surface area contributed by atoms with Gasteiger partial charge in [0, 0.05) is 11.5 Å². The third kappa shape index (κ3) is 2.14. The van der Waals surface area contributed by atoms with Gasteiger partial charge in [-0.05, 0) is 74.5 Å². The molecule has 0 spiro atoms. The summed E-state index contributed by atoms with van der Waals surface area (Å²) in [7, 11) is 0. The van der Waals surface area contributed by atoms with Crippen LogP contribution in [0.5, 0.6) is 5.75 Å². The Morgan fingerprint density at radius 3 is 2.65 bits per heavy atom. The van der Waals surface area contributed by atoms with E-state index in [1.807, 2.05) is 0 Å². The molecule has 0 saturated carbocycles. The van der Waals surface area contributed by atoms with Crippen LogP contribution in [0.25, 0.3) is 0 Å². The summed E-state index contributed by atoms with van der Waals surface area (Å²) in [5.74, 6) is 3.85. The summed E-state index contributed by atoms with van der Waals surface area (Å²) in [5.41, 5.74) is 8.94. The van der Waals surface area contributed by atoms with Gasteiger partial charge in [0.05, 0.1) is 5.69 Å². The molecule has 0 aromatic heterocycles. The lowest BCUT2D eigenvalue weighted by Gasteiger charge is -2.43. The highest BCUT2D eigenvalue weighted by Crippen LogP contribution is 2.58. The van der Waals surface area contributed by atoms with Crippen LogP contribution in [0, 0.1) is 12.8 Å². The first-order chi connectivity index (χ1) is 11.0. The highest BCUT2D eigenvalue weighted by molar-refractivity contribution is 5.74. The van der Waals surface area contributed by atoms with Crippen molar-refractivity contribution in [3.05, 3.63) is 33.9 Å². The van der Waals surface area contributed by atoms with Gasteiger partial charge >= 0.3 is 0 Å². The lowest BCUT2D eigenvalue weighted by atomic mass is 9.62. The summed E-state index contributed by atoms with van der Waals surface area (Å²) in [4.78, 5) is 0. The van der Waals surface area contributed by atoms with Crippen LogP contribution in [0.3, 0.4) is 0 Å². The second-order valence-corrected chi connectivity index (χ2v) is 8.18. The number of rotatable bonds is 1. The zero-order chi connectivity index (χ0) is 16.3. The van der Waals surface area contributed by atoms with E-state index in [9.17, 15) is 0 Å². The molecular weight excluding hydrogens is 282 g/mol. The van der Waals surface area contributed by atoms with Crippen molar-refractivity contribution >= 4 is 5.69 Å². The van der Waals surface area contributed by atoms with Gasteiger partial charge in [0.15, 0.2) is 6.73 Å². The maximum absolute atomic E-state index is 6.05. The molecule has 0 fully saturated rings. The van der Waals surface area contributed by atoms with E-state index >= 15 is 0 Å². The van der Waals surface area contributed by atoms with E-state index in [1.165, 1.54) is 47.4 Å². The first-order valence-corrected chi connectivity index (χ1v) is 9.21. The molecule has 0 unspecified atom stereocenters. The fourth-order valence-corrected chi connectivity index (χ4v) is 5.34. The third-order valence-corrected chi connectivity index (χ3v) is 6.29. The van der Waals surface area contributed by atoms with Crippen molar-refractivity contribution in [2.45, 2.75) is 71.6 Å². The molecule has 1 aromatic carbocycles.